The fourth-order valence-corrected chi connectivity index (χ4v) is 4.25. The summed E-state index contributed by atoms with van der Waals surface area (Å²) in [6.07, 6.45) is 3.00. The number of carbonyl (C=O) groups excluding carboxylic acids is 1. The number of carbonyl (C=O) groups is 1. The van der Waals surface area contributed by atoms with Crippen LogP contribution in [0.15, 0.2) is 52.6 Å². The van der Waals surface area contributed by atoms with E-state index >= 15 is 0 Å². The fraction of sp³-hybridized carbons (Fsp3) is 0.231. The Bertz CT molecular complexity index is 1460. The average molecular weight is 522 g/mol. The number of nitrogens with zero attached hydrogens (tertiary/aromatic N) is 3. The molecular weight excluding hydrogens is 494 g/mol. The van der Waals surface area contributed by atoms with E-state index in [1.54, 1.807) is 24.3 Å². The second-order valence-electron chi connectivity index (χ2n) is 8.23. The molecule has 0 unspecified atom stereocenters. The van der Waals surface area contributed by atoms with Crippen molar-refractivity contribution in [2.75, 3.05) is 26.6 Å². The average Bonchev–Trinajstić information content (AvgIpc) is 3.56. The molecule has 4 rings (SSSR count). The lowest BCUT2D eigenvalue weighted by molar-refractivity contribution is -0.111. The summed E-state index contributed by atoms with van der Waals surface area (Å²) in [4.78, 5) is 33.4. The first-order valence-electron chi connectivity index (χ1n) is 11.4. The lowest BCUT2D eigenvalue weighted by Gasteiger charge is -2.12. The summed E-state index contributed by atoms with van der Waals surface area (Å²) in [5.41, 5.74) is 1.62. The molecule has 1 aromatic carbocycles. The third-order valence-electron chi connectivity index (χ3n) is 5.39. The Kier molecular flexibility index (Phi) is 7.73. The zero-order valence-electron chi connectivity index (χ0n) is 21.1. The highest BCUT2D eigenvalue weighted by Gasteiger charge is 2.17. The van der Waals surface area contributed by atoms with Crippen molar-refractivity contribution in [3.05, 3.63) is 69.5 Å². The van der Waals surface area contributed by atoms with Crippen molar-refractivity contribution in [3.63, 3.8) is 0 Å². The highest BCUT2D eigenvalue weighted by atomic mass is 32.1. The van der Waals surface area contributed by atoms with E-state index in [0.717, 1.165) is 4.88 Å². The van der Waals surface area contributed by atoms with Gasteiger partial charge in [-0.1, -0.05) is 19.9 Å². The number of benzene rings is 1. The summed E-state index contributed by atoms with van der Waals surface area (Å²) in [6.45, 7) is 3.89. The zero-order valence-corrected chi connectivity index (χ0v) is 21.9. The molecule has 11 heteroatoms. The number of aromatic amines is 1. The van der Waals surface area contributed by atoms with Gasteiger partial charge in [0.05, 0.1) is 31.9 Å². The van der Waals surface area contributed by atoms with Crippen molar-refractivity contribution in [2.24, 2.45) is 0 Å². The molecule has 0 radical (unpaired) electrons. The van der Waals surface area contributed by atoms with E-state index in [4.69, 9.17) is 14.2 Å². The Balaban J connectivity index is 1.67. The number of anilines is 1. The van der Waals surface area contributed by atoms with Crippen LogP contribution in [0.25, 0.3) is 22.6 Å². The number of nitrogens with one attached hydrogen (secondary N) is 2. The van der Waals surface area contributed by atoms with Crippen LogP contribution in [-0.4, -0.2) is 47.0 Å². The van der Waals surface area contributed by atoms with Gasteiger partial charge in [0.2, 0.25) is 17.6 Å². The van der Waals surface area contributed by atoms with Gasteiger partial charge in [0, 0.05) is 18.2 Å². The second-order valence-corrected chi connectivity index (χ2v) is 9.18. The van der Waals surface area contributed by atoms with Crippen molar-refractivity contribution < 1.29 is 19.0 Å². The molecule has 3 heterocycles. The molecule has 0 saturated heterocycles. The summed E-state index contributed by atoms with van der Waals surface area (Å²) in [5.74, 6) is 1.60. The third kappa shape index (κ3) is 5.72. The SMILES string of the molecule is COc1cc(/C=C\C(=O)Nc2cc(-c3cccs3)nn2-c2nc(C(C)C)cc(=O)[nH]2)cc(OC)c1OC. The van der Waals surface area contributed by atoms with Crippen LogP contribution in [0, 0.1) is 0 Å². The lowest BCUT2D eigenvalue weighted by atomic mass is 10.1. The van der Waals surface area contributed by atoms with Gasteiger partial charge in [0.15, 0.2) is 11.5 Å². The Morgan fingerprint density at radius 1 is 1.11 bits per heavy atom. The van der Waals surface area contributed by atoms with Gasteiger partial charge in [-0.05, 0) is 41.1 Å². The topological polar surface area (TPSA) is 120 Å². The van der Waals surface area contributed by atoms with Gasteiger partial charge in [-0.2, -0.15) is 9.78 Å². The van der Waals surface area contributed by atoms with Gasteiger partial charge in [0.1, 0.15) is 11.5 Å². The van der Waals surface area contributed by atoms with Gasteiger partial charge in [-0.3, -0.25) is 14.6 Å². The smallest absolute Gasteiger partial charge is 0.252 e. The standard InChI is InChI=1S/C26H27N5O5S/c1-15(2)17-14-24(33)29-26(27-17)31-22(13-18(30-31)21-7-6-10-37-21)28-23(32)9-8-16-11-19(34-3)25(36-5)20(12-16)35-4/h6-15H,1-5H3,(H,28,32)(H,27,29,33)/b9-8-. The lowest BCUT2D eigenvalue weighted by Crippen LogP contribution is -2.18. The van der Waals surface area contributed by atoms with Crippen LogP contribution in [0.3, 0.4) is 0 Å². The van der Waals surface area contributed by atoms with Crippen molar-refractivity contribution in [3.8, 4) is 33.8 Å². The number of H-pyrrole nitrogens is 1. The molecule has 0 aliphatic carbocycles. The minimum atomic E-state index is -0.407. The molecule has 0 fully saturated rings. The van der Waals surface area contributed by atoms with E-state index in [1.807, 2.05) is 31.4 Å². The second kappa shape index (κ2) is 11.1. The molecule has 10 nitrogen and oxygen atoms in total. The van der Waals surface area contributed by atoms with Crippen LogP contribution in [0.5, 0.6) is 17.2 Å². The largest absolute Gasteiger partial charge is 0.493 e. The normalized spacial score (nSPS) is 11.2. The quantitative estimate of drug-likeness (QED) is 0.312. The van der Waals surface area contributed by atoms with Gasteiger partial charge < -0.3 is 19.5 Å². The van der Waals surface area contributed by atoms with Crippen molar-refractivity contribution in [1.82, 2.24) is 19.7 Å². The molecule has 0 saturated carbocycles. The molecule has 4 aromatic rings. The first-order valence-corrected chi connectivity index (χ1v) is 12.3. The van der Waals surface area contributed by atoms with E-state index in [0.29, 0.717) is 40.0 Å². The molecule has 37 heavy (non-hydrogen) atoms. The van der Waals surface area contributed by atoms with E-state index in [1.165, 1.54) is 49.5 Å². The Morgan fingerprint density at radius 3 is 2.43 bits per heavy atom. The van der Waals surface area contributed by atoms with Gasteiger partial charge in [0.25, 0.3) is 5.56 Å². The molecule has 0 bridgehead atoms. The van der Waals surface area contributed by atoms with Crippen LogP contribution in [0.1, 0.15) is 31.0 Å². The van der Waals surface area contributed by atoms with Crippen molar-refractivity contribution >= 4 is 29.1 Å². The number of methoxy groups -OCH3 is 3. The number of ether oxygens (including phenoxy) is 3. The molecule has 192 valence electrons. The highest BCUT2D eigenvalue weighted by Crippen LogP contribution is 2.38. The molecular formula is C26H27N5O5S. The van der Waals surface area contributed by atoms with Gasteiger partial charge in [-0.15, -0.1) is 11.3 Å². The number of thiophene rings is 1. The number of amides is 1. The van der Waals surface area contributed by atoms with Gasteiger partial charge >= 0.3 is 0 Å². The first-order chi connectivity index (χ1) is 17.8. The molecule has 0 atom stereocenters. The summed E-state index contributed by atoms with van der Waals surface area (Å²) in [5, 5.41) is 9.39. The van der Waals surface area contributed by atoms with Crippen molar-refractivity contribution in [2.45, 2.75) is 19.8 Å². The third-order valence-corrected chi connectivity index (χ3v) is 6.28. The van der Waals surface area contributed by atoms with E-state index in [2.05, 4.69) is 20.4 Å². The maximum atomic E-state index is 12.9. The highest BCUT2D eigenvalue weighted by molar-refractivity contribution is 7.13. The Labute approximate surface area is 217 Å². The molecule has 0 aliphatic heterocycles. The van der Waals surface area contributed by atoms with Crippen LogP contribution >= 0.6 is 11.3 Å². The maximum absolute atomic E-state index is 12.9. The fourth-order valence-electron chi connectivity index (χ4n) is 3.57. The minimum Gasteiger partial charge on any atom is -0.493 e. The molecule has 3 aromatic heterocycles. The maximum Gasteiger partial charge on any atom is 0.252 e. The summed E-state index contributed by atoms with van der Waals surface area (Å²) in [7, 11) is 4.57. The Morgan fingerprint density at radius 2 is 1.84 bits per heavy atom. The summed E-state index contributed by atoms with van der Waals surface area (Å²) in [6, 6.07) is 10.5. The zero-order chi connectivity index (χ0) is 26.5. The van der Waals surface area contributed by atoms with Crippen LogP contribution in [0.2, 0.25) is 0 Å². The number of aromatic nitrogens is 4. The van der Waals surface area contributed by atoms with E-state index < -0.39 is 5.91 Å². The minimum absolute atomic E-state index is 0.0350. The van der Waals surface area contributed by atoms with Crippen LogP contribution < -0.4 is 25.1 Å². The predicted molar refractivity (Wildman–Crippen MR) is 143 cm³/mol. The van der Waals surface area contributed by atoms with Crippen LogP contribution in [0.4, 0.5) is 5.82 Å². The van der Waals surface area contributed by atoms with Crippen molar-refractivity contribution in [1.29, 1.82) is 0 Å². The number of rotatable bonds is 9. The molecule has 0 aliphatic rings. The summed E-state index contributed by atoms with van der Waals surface area (Å²) >= 11 is 1.51. The predicted octanol–water partition coefficient (Wildman–Crippen LogP) is 4.49. The molecule has 2 N–H and O–H groups in total. The monoisotopic (exact) mass is 521 g/mol. The van der Waals surface area contributed by atoms with Crippen LogP contribution in [-0.2, 0) is 4.79 Å². The first kappa shape index (κ1) is 25.7. The van der Waals surface area contributed by atoms with E-state index in [-0.39, 0.29) is 17.4 Å². The molecule has 1 amide bonds. The number of hydrogen-bond donors (Lipinski definition) is 2. The molecule has 0 spiro atoms. The van der Waals surface area contributed by atoms with Gasteiger partial charge in [-0.25, -0.2) is 4.98 Å². The number of hydrogen-bond acceptors (Lipinski definition) is 8. The summed E-state index contributed by atoms with van der Waals surface area (Å²) < 4.78 is 17.5. The Hall–Kier alpha value is -4.38. The van der Waals surface area contributed by atoms with E-state index in [9.17, 15) is 9.59 Å².